The van der Waals surface area contributed by atoms with E-state index in [0.717, 1.165) is 6.42 Å². The van der Waals surface area contributed by atoms with Crippen molar-refractivity contribution < 1.29 is 9.59 Å². The van der Waals surface area contributed by atoms with Crippen LogP contribution in [0.2, 0.25) is 0 Å². The Morgan fingerprint density at radius 2 is 1.39 bits per heavy atom. The van der Waals surface area contributed by atoms with Crippen LogP contribution < -0.4 is 10.6 Å². The highest BCUT2D eigenvalue weighted by Crippen LogP contribution is 2.27. The fourth-order valence-electron chi connectivity index (χ4n) is 2.14. The molecular weight excluding hydrogens is 228 g/mol. The Hall–Kier alpha value is -1.06. The van der Waals surface area contributed by atoms with Crippen LogP contribution in [0.1, 0.15) is 61.8 Å². The van der Waals surface area contributed by atoms with Crippen molar-refractivity contribution in [1.29, 1.82) is 0 Å². The quantitative estimate of drug-likeness (QED) is 0.796. The molecule has 0 spiro atoms. The monoisotopic (exact) mass is 258 g/mol. The van der Waals surface area contributed by atoms with Gasteiger partial charge in [0.15, 0.2) is 0 Å². The Labute approximate surface area is 112 Å². The van der Waals surface area contributed by atoms with Gasteiger partial charge in [-0.2, -0.15) is 0 Å². The molecule has 0 aliphatic carbocycles. The van der Waals surface area contributed by atoms with Gasteiger partial charge in [0.05, 0.1) is 0 Å². The van der Waals surface area contributed by atoms with E-state index in [0.29, 0.717) is 6.54 Å². The molecule has 4 nitrogen and oxygen atoms in total. The first-order valence-corrected chi connectivity index (χ1v) is 6.57. The Bertz CT molecular complexity index is 271. The van der Waals surface area contributed by atoms with Crippen LogP contribution >= 0.6 is 0 Å². The zero-order chi connectivity index (χ0) is 15.0. The summed E-state index contributed by atoms with van der Waals surface area (Å²) >= 11 is 0. The highest BCUT2D eigenvalue weighted by Gasteiger charge is 2.29. The van der Waals surface area contributed by atoms with E-state index >= 15 is 0 Å². The molecule has 0 heterocycles. The number of rotatable bonds is 5. The van der Waals surface area contributed by atoms with Crippen LogP contribution in [0.4, 0.5) is 0 Å². The second-order valence-electron chi connectivity index (χ2n) is 5.82. The maximum absolute atomic E-state index is 11.0. The molecule has 0 fully saturated rings. The normalized spacial score (nSPS) is 11.1. The topological polar surface area (TPSA) is 58.2 Å². The molecule has 18 heavy (non-hydrogen) atoms. The third-order valence-electron chi connectivity index (χ3n) is 2.25. The van der Waals surface area contributed by atoms with Crippen LogP contribution in [0.25, 0.3) is 0 Å². The molecule has 108 valence electrons. The van der Waals surface area contributed by atoms with Crippen molar-refractivity contribution in [1.82, 2.24) is 10.6 Å². The molecule has 0 saturated carbocycles. The minimum atomic E-state index is -0.256. The predicted octanol–water partition coefficient (Wildman–Crippen LogP) is 2.48. The summed E-state index contributed by atoms with van der Waals surface area (Å²) < 4.78 is 0. The standard InChI is InChI=1S/C12H24N2O2.C2H6/c1-9(15)13-8-11(3,4)7-12(5,6)14-10(2)16;1-2/h7-8H2,1-6H3,(H,13,15)(H,14,16);1-2H3. The lowest BCUT2D eigenvalue weighted by atomic mass is 9.80. The molecular formula is C14H30N2O2. The van der Waals surface area contributed by atoms with Gasteiger partial charge >= 0.3 is 0 Å². The predicted molar refractivity (Wildman–Crippen MR) is 76.3 cm³/mol. The van der Waals surface area contributed by atoms with E-state index in [2.05, 4.69) is 24.5 Å². The van der Waals surface area contributed by atoms with Gasteiger partial charge in [0.25, 0.3) is 0 Å². The lowest BCUT2D eigenvalue weighted by Crippen LogP contribution is -2.47. The van der Waals surface area contributed by atoms with Gasteiger partial charge in [0, 0.05) is 25.9 Å². The van der Waals surface area contributed by atoms with Gasteiger partial charge in [-0.1, -0.05) is 27.7 Å². The van der Waals surface area contributed by atoms with Crippen molar-refractivity contribution in [2.75, 3.05) is 6.54 Å². The lowest BCUT2D eigenvalue weighted by Gasteiger charge is -2.35. The fraction of sp³-hybridized carbons (Fsp3) is 0.857. The maximum atomic E-state index is 11.0. The van der Waals surface area contributed by atoms with Gasteiger partial charge in [0.2, 0.25) is 11.8 Å². The van der Waals surface area contributed by atoms with Crippen LogP contribution in [0.3, 0.4) is 0 Å². The smallest absolute Gasteiger partial charge is 0.217 e. The molecule has 0 aliphatic heterocycles. The first-order chi connectivity index (χ1) is 8.04. The Balaban J connectivity index is 0. The largest absolute Gasteiger partial charge is 0.356 e. The van der Waals surface area contributed by atoms with Crippen LogP contribution in [-0.2, 0) is 9.59 Å². The highest BCUT2D eigenvalue weighted by molar-refractivity contribution is 5.73. The summed E-state index contributed by atoms with van der Waals surface area (Å²) in [6.45, 7) is 15.8. The van der Waals surface area contributed by atoms with Gasteiger partial charge in [-0.05, 0) is 25.7 Å². The van der Waals surface area contributed by atoms with E-state index in [1.807, 2.05) is 27.7 Å². The first kappa shape index (κ1) is 19.3. The highest BCUT2D eigenvalue weighted by atomic mass is 16.2. The van der Waals surface area contributed by atoms with E-state index in [4.69, 9.17) is 0 Å². The van der Waals surface area contributed by atoms with Crippen LogP contribution in [0, 0.1) is 5.41 Å². The Kier molecular flexibility index (Phi) is 8.69. The second kappa shape index (κ2) is 8.11. The van der Waals surface area contributed by atoms with Gasteiger partial charge in [-0.15, -0.1) is 0 Å². The lowest BCUT2D eigenvalue weighted by molar-refractivity contribution is -0.121. The van der Waals surface area contributed by atoms with Gasteiger partial charge in [0.1, 0.15) is 0 Å². The van der Waals surface area contributed by atoms with Gasteiger partial charge in [-0.3, -0.25) is 9.59 Å². The molecule has 0 unspecified atom stereocenters. The Morgan fingerprint density at radius 1 is 0.944 bits per heavy atom. The number of carbonyl (C=O) groups excluding carboxylic acids is 2. The summed E-state index contributed by atoms with van der Waals surface area (Å²) in [5, 5.41) is 5.72. The minimum Gasteiger partial charge on any atom is -0.356 e. The summed E-state index contributed by atoms with van der Waals surface area (Å²) in [6.07, 6.45) is 0.805. The van der Waals surface area contributed by atoms with Crippen molar-refractivity contribution in [2.45, 2.75) is 67.3 Å². The molecule has 0 aromatic rings. The van der Waals surface area contributed by atoms with Crippen LogP contribution in [0.15, 0.2) is 0 Å². The van der Waals surface area contributed by atoms with Crippen LogP contribution in [0.5, 0.6) is 0 Å². The van der Waals surface area contributed by atoms with E-state index in [1.54, 1.807) is 0 Å². The summed E-state index contributed by atoms with van der Waals surface area (Å²) in [4.78, 5) is 21.9. The molecule has 4 heteroatoms. The molecule has 0 aromatic carbocycles. The molecule has 0 bridgehead atoms. The van der Waals surface area contributed by atoms with Gasteiger partial charge < -0.3 is 10.6 Å². The summed E-state index contributed by atoms with van der Waals surface area (Å²) in [5.74, 6) is -0.0502. The minimum absolute atomic E-state index is 0.0228. The van der Waals surface area contributed by atoms with Crippen LogP contribution in [-0.4, -0.2) is 23.9 Å². The molecule has 0 saturated heterocycles. The average Bonchev–Trinajstić information content (AvgIpc) is 2.14. The van der Waals surface area contributed by atoms with E-state index in [1.165, 1.54) is 13.8 Å². The molecule has 0 rings (SSSR count). The zero-order valence-electron chi connectivity index (χ0n) is 13.2. The van der Waals surface area contributed by atoms with Crippen molar-refractivity contribution >= 4 is 11.8 Å². The van der Waals surface area contributed by atoms with E-state index in [-0.39, 0.29) is 22.8 Å². The molecule has 2 N–H and O–H groups in total. The number of carbonyl (C=O) groups is 2. The van der Waals surface area contributed by atoms with Crippen molar-refractivity contribution in [2.24, 2.45) is 5.41 Å². The molecule has 2 amide bonds. The first-order valence-electron chi connectivity index (χ1n) is 6.57. The number of amides is 2. The second-order valence-corrected chi connectivity index (χ2v) is 5.82. The maximum Gasteiger partial charge on any atom is 0.217 e. The average molecular weight is 258 g/mol. The third kappa shape index (κ3) is 11.4. The molecule has 0 atom stereocenters. The SMILES string of the molecule is CC.CC(=O)NCC(C)(C)CC(C)(C)NC(C)=O. The summed E-state index contributed by atoms with van der Waals surface area (Å²) in [6, 6.07) is 0. The fourth-order valence-corrected chi connectivity index (χ4v) is 2.14. The number of hydrogen-bond donors (Lipinski definition) is 2. The third-order valence-corrected chi connectivity index (χ3v) is 2.25. The molecule has 0 aliphatic rings. The summed E-state index contributed by atoms with van der Waals surface area (Å²) in [7, 11) is 0. The van der Waals surface area contributed by atoms with E-state index < -0.39 is 0 Å². The zero-order valence-corrected chi connectivity index (χ0v) is 13.2. The summed E-state index contributed by atoms with van der Waals surface area (Å²) in [5.41, 5.74) is -0.300. The van der Waals surface area contributed by atoms with Crippen molar-refractivity contribution in [3.63, 3.8) is 0 Å². The molecule has 0 radical (unpaired) electrons. The molecule has 0 aromatic heterocycles. The number of nitrogens with one attached hydrogen (secondary N) is 2. The van der Waals surface area contributed by atoms with Crippen molar-refractivity contribution in [3.8, 4) is 0 Å². The number of hydrogen-bond acceptors (Lipinski definition) is 2. The van der Waals surface area contributed by atoms with Crippen molar-refractivity contribution in [3.05, 3.63) is 0 Å². The van der Waals surface area contributed by atoms with E-state index in [9.17, 15) is 9.59 Å². The van der Waals surface area contributed by atoms with Gasteiger partial charge in [-0.25, -0.2) is 0 Å². The Morgan fingerprint density at radius 3 is 1.72 bits per heavy atom.